The minimum absolute atomic E-state index is 0.210. The number of carbonyl (C=O) groups excluding carboxylic acids is 4. The molecule has 0 atom stereocenters. The summed E-state index contributed by atoms with van der Waals surface area (Å²) in [6.07, 6.45) is 1.73. The Labute approximate surface area is 122 Å². The summed E-state index contributed by atoms with van der Waals surface area (Å²) in [4.78, 5) is 46.2. The van der Waals surface area contributed by atoms with E-state index in [1.807, 2.05) is 0 Å². The smallest absolute Gasteiger partial charge is 0.331 e. The molecule has 0 spiro atoms. The summed E-state index contributed by atoms with van der Waals surface area (Å²) < 4.78 is 13.7. The lowest BCUT2D eigenvalue weighted by molar-refractivity contribution is -0.153. The summed E-state index contributed by atoms with van der Waals surface area (Å²) in [6.45, 7) is 3.09. The molecule has 0 radical (unpaired) electrons. The van der Waals surface area contributed by atoms with Gasteiger partial charge in [0.2, 0.25) is 0 Å². The lowest BCUT2D eigenvalue weighted by Crippen LogP contribution is -2.38. The summed E-state index contributed by atoms with van der Waals surface area (Å²) in [5.41, 5.74) is 0. The predicted molar refractivity (Wildman–Crippen MR) is 71.0 cm³/mol. The highest BCUT2D eigenvalue weighted by Crippen LogP contribution is 1.94. The maximum absolute atomic E-state index is 11.7. The van der Waals surface area contributed by atoms with Crippen molar-refractivity contribution in [2.45, 2.75) is 13.8 Å². The van der Waals surface area contributed by atoms with Gasteiger partial charge in [-0.15, -0.1) is 0 Å². The van der Waals surface area contributed by atoms with Crippen LogP contribution in [0.3, 0.4) is 0 Å². The number of rotatable bonds is 8. The summed E-state index contributed by atoms with van der Waals surface area (Å²) in [7, 11) is 1.16. The van der Waals surface area contributed by atoms with Crippen LogP contribution in [0.15, 0.2) is 12.2 Å². The number of likely N-dealkylation sites (N-methyl/N-ethyl adjacent to an activating group) is 1. The number of nitrogens with zero attached hydrogens (tertiary/aromatic N) is 1. The van der Waals surface area contributed by atoms with Gasteiger partial charge in [-0.1, -0.05) is 0 Å². The van der Waals surface area contributed by atoms with Gasteiger partial charge < -0.3 is 19.1 Å². The van der Waals surface area contributed by atoms with E-state index in [2.05, 4.69) is 9.47 Å². The highest BCUT2D eigenvalue weighted by atomic mass is 16.5. The van der Waals surface area contributed by atoms with Crippen LogP contribution in [-0.4, -0.2) is 62.1 Å². The fourth-order valence-corrected chi connectivity index (χ4v) is 1.22. The molecule has 0 heterocycles. The third-order valence-corrected chi connectivity index (χ3v) is 2.25. The van der Waals surface area contributed by atoms with E-state index in [1.54, 1.807) is 13.8 Å². The largest absolute Gasteiger partial charge is 0.466 e. The number of methoxy groups -OCH3 is 1. The molecule has 0 saturated heterocycles. The molecule has 1 amide bonds. The van der Waals surface area contributed by atoms with Crippen LogP contribution in [0.4, 0.5) is 0 Å². The normalized spacial score (nSPS) is 10.0. The molecule has 0 aromatic heterocycles. The van der Waals surface area contributed by atoms with E-state index >= 15 is 0 Å². The fraction of sp³-hybridized carbons (Fsp3) is 0.538. The van der Waals surface area contributed by atoms with E-state index in [9.17, 15) is 19.2 Å². The predicted octanol–water partition coefficient (Wildman–Crippen LogP) is -0.330. The molecule has 0 aromatic carbocycles. The van der Waals surface area contributed by atoms with Crippen molar-refractivity contribution in [3.63, 3.8) is 0 Å². The third-order valence-electron chi connectivity index (χ3n) is 2.25. The van der Waals surface area contributed by atoms with Gasteiger partial charge in [-0.2, -0.15) is 0 Å². The van der Waals surface area contributed by atoms with Crippen LogP contribution in [0.25, 0.3) is 0 Å². The molecule has 0 N–H and O–H groups in total. The van der Waals surface area contributed by atoms with Crippen LogP contribution in [-0.2, 0) is 33.4 Å². The van der Waals surface area contributed by atoms with Crippen LogP contribution in [0.2, 0.25) is 0 Å². The Morgan fingerprint density at radius 3 is 2.14 bits per heavy atom. The van der Waals surface area contributed by atoms with Gasteiger partial charge in [0, 0.05) is 18.7 Å². The number of hydrogen-bond acceptors (Lipinski definition) is 7. The van der Waals surface area contributed by atoms with Crippen molar-refractivity contribution >= 4 is 23.8 Å². The molecule has 0 rings (SSSR count). The number of carbonyl (C=O) groups is 4. The van der Waals surface area contributed by atoms with Crippen LogP contribution in [0, 0.1) is 0 Å². The highest BCUT2D eigenvalue weighted by molar-refractivity contribution is 5.92. The van der Waals surface area contributed by atoms with Gasteiger partial charge in [0.05, 0.1) is 13.7 Å². The first-order valence-electron chi connectivity index (χ1n) is 6.30. The van der Waals surface area contributed by atoms with Gasteiger partial charge in [0.25, 0.3) is 5.91 Å². The van der Waals surface area contributed by atoms with Crippen molar-refractivity contribution in [3.05, 3.63) is 12.2 Å². The quantitative estimate of drug-likeness (QED) is 0.344. The molecular weight excluding hydrogens is 282 g/mol. The number of amides is 1. The standard InChI is InChI=1S/C13H19NO7/c1-4-14(8-13(18)20-5-2)10(15)9-21-12(17)7-6-11(16)19-3/h6-7H,4-5,8-9H2,1-3H3/b7-6+. The molecule has 0 bridgehead atoms. The summed E-state index contributed by atoms with van der Waals surface area (Å²) in [5, 5.41) is 0. The molecule has 118 valence electrons. The first-order chi connectivity index (χ1) is 9.94. The lowest BCUT2D eigenvalue weighted by Gasteiger charge is -2.19. The first-order valence-corrected chi connectivity index (χ1v) is 6.30. The first kappa shape index (κ1) is 18.6. The maximum Gasteiger partial charge on any atom is 0.331 e. The second-order valence-electron chi connectivity index (χ2n) is 3.68. The monoisotopic (exact) mass is 301 g/mol. The second kappa shape index (κ2) is 10.4. The van der Waals surface area contributed by atoms with Crippen molar-refractivity contribution in [2.24, 2.45) is 0 Å². The number of ether oxygens (including phenoxy) is 3. The molecule has 0 aliphatic carbocycles. The van der Waals surface area contributed by atoms with E-state index in [0.717, 1.165) is 19.3 Å². The average molecular weight is 301 g/mol. The Kier molecular flexibility index (Phi) is 9.23. The zero-order valence-corrected chi connectivity index (χ0v) is 12.3. The van der Waals surface area contributed by atoms with E-state index in [1.165, 1.54) is 4.90 Å². The Balaban J connectivity index is 4.26. The number of esters is 3. The zero-order chi connectivity index (χ0) is 16.3. The van der Waals surface area contributed by atoms with Crippen LogP contribution in [0.5, 0.6) is 0 Å². The Morgan fingerprint density at radius 2 is 1.62 bits per heavy atom. The Morgan fingerprint density at radius 1 is 1.00 bits per heavy atom. The maximum atomic E-state index is 11.7. The van der Waals surface area contributed by atoms with Gasteiger partial charge in [-0.25, -0.2) is 9.59 Å². The van der Waals surface area contributed by atoms with E-state index in [4.69, 9.17) is 4.74 Å². The Bertz CT molecular complexity index is 417. The van der Waals surface area contributed by atoms with Gasteiger partial charge in [-0.3, -0.25) is 9.59 Å². The van der Waals surface area contributed by atoms with Crippen molar-refractivity contribution in [3.8, 4) is 0 Å². The van der Waals surface area contributed by atoms with Gasteiger partial charge in [0.1, 0.15) is 6.54 Å². The zero-order valence-electron chi connectivity index (χ0n) is 12.3. The lowest BCUT2D eigenvalue weighted by atomic mass is 10.4. The van der Waals surface area contributed by atoms with Crippen molar-refractivity contribution in [1.29, 1.82) is 0 Å². The van der Waals surface area contributed by atoms with Crippen molar-refractivity contribution in [1.82, 2.24) is 4.90 Å². The Hall–Kier alpha value is -2.38. The molecule has 0 aromatic rings. The molecule has 8 nitrogen and oxygen atoms in total. The third kappa shape index (κ3) is 8.40. The summed E-state index contributed by atoms with van der Waals surface area (Å²) in [5.74, 6) is -2.65. The van der Waals surface area contributed by atoms with Crippen LogP contribution in [0.1, 0.15) is 13.8 Å². The summed E-state index contributed by atoms with van der Waals surface area (Å²) >= 11 is 0. The average Bonchev–Trinajstić information content (AvgIpc) is 2.47. The van der Waals surface area contributed by atoms with Crippen LogP contribution >= 0.6 is 0 Å². The van der Waals surface area contributed by atoms with E-state index in [0.29, 0.717) is 0 Å². The molecule has 8 heteroatoms. The van der Waals surface area contributed by atoms with Crippen molar-refractivity contribution in [2.75, 3.05) is 33.4 Å². The molecule has 0 fully saturated rings. The molecule has 0 aliphatic rings. The number of hydrogen-bond donors (Lipinski definition) is 0. The molecule has 21 heavy (non-hydrogen) atoms. The van der Waals surface area contributed by atoms with Crippen molar-refractivity contribution < 1.29 is 33.4 Å². The molecular formula is C13H19NO7. The minimum atomic E-state index is -0.860. The molecule has 0 aliphatic heterocycles. The van der Waals surface area contributed by atoms with Crippen LogP contribution < -0.4 is 0 Å². The minimum Gasteiger partial charge on any atom is -0.466 e. The molecule has 0 saturated carbocycles. The highest BCUT2D eigenvalue weighted by Gasteiger charge is 2.17. The van der Waals surface area contributed by atoms with E-state index in [-0.39, 0.29) is 19.7 Å². The van der Waals surface area contributed by atoms with Gasteiger partial charge in [-0.05, 0) is 13.8 Å². The SMILES string of the molecule is CCOC(=O)CN(CC)C(=O)COC(=O)/C=C/C(=O)OC. The fourth-order valence-electron chi connectivity index (χ4n) is 1.22. The second-order valence-corrected chi connectivity index (χ2v) is 3.68. The summed E-state index contributed by atoms with van der Waals surface area (Å²) in [6, 6.07) is 0. The van der Waals surface area contributed by atoms with E-state index < -0.39 is 30.4 Å². The van der Waals surface area contributed by atoms with Gasteiger partial charge >= 0.3 is 17.9 Å². The molecule has 0 unspecified atom stereocenters. The topological polar surface area (TPSA) is 99.2 Å². The van der Waals surface area contributed by atoms with Gasteiger partial charge in [0.15, 0.2) is 6.61 Å².